The van der Waals surface area contributed by atoms with Gasteiger partial charge in [-0.1, -0.05) is 0 Å². The second kappa shape index (κ2) is 6.05. The number of carbonyl (C=O) groups excluding carboxylic acids is 1. The zero-order valence-corrected chi connectivity index (χ0v) is 13.0. The van der Waals surface area contributed by atoms with Crippen molar-refractivity contribution >= 4 is 21.7 Å². The summed E-state index contributed by atoms with van der Waals surface area (Å²) in [5.41, 5.74) is 1.81. The molecule has 0 unspecified atom stereocenters. The Bertz CT molecular complexity index is 656. The monoisotopic (exact) mass is 335 g/mol. The maximum absolute atomic E-state index is 12.5. The van der Waals surface area contributed by atoms with E-state index in [-0.39, 0.29) is 5.78 Å². The lowest BCUT2D eigenvalue weighted by Crippen LogP contribution is -2.07. The van der Waals surface area contributed by atoms with E-state index in [1.807, 2.05) is 13.0 Å². The Hall–Kier alpha value is -1.88. The predicted octanol–water partition coefficient (Wildman–Crippen LogP) is 3.40. The predicted molar refractivity (Wildman–Crippen MR) is 79.7 cm³/mol. The fourth-order valence-electron chi connectivity index (χ4n) is 1.87. The van der Waals surface area contributed by atoms with Gasteiger partial charge in [-0.2, -0.15) is 0 Å². The topological polar surface area (TPSA) is 48.4 Å². The molecule has 0 saturated carbocycles. The molecule has 2 rings (SSSR count). The number of pyridine rings is 1. The number of hydrogen-bond acceptors (Lipinski definition) is 4. The molecule has 5 heteroatoms. The molecule has 0 atom stereocenters. The van der Waals surface area contributed by atoms with E-state index in [1.54, 1.807) is 31.5 Å². The smallest absolute Gasteiger partial charge is 0.215 e. The highest BCUT2D eigenvalue weighted by atomic mass is 79.9. The van der Waals surface area contributed by atoms with E-state index >= 15 is 0 Å². The Balaban J connectivity index is 2.52. The Kier molecular flexibility index (Phi) is 4.39. The molecule has 0 radical (unpaired) electrons. The number of methoxy groups -OCH3 is 2. The number of aryl methyl sites for hydroxylation is 1. The van der Waals surface area contributed by atoms with Gasteiger partial charge in [-0.3, -0.25) is 9.78 Å². The summed E-state index contributed by atoms with van der Waals surface area (Å²) in [6.45, 7) is 1.92. The van der Waals surface area contributed by atoms with Gasteiger partial charge >= 0.3 is 0 Å². The van der Waals surface area contributed by atoms with Gasteiger partial charge in [0, 0.05) is 6.20 Å². The van der Waals surface area contributed by atoms with Crippen molar-refractivity contribution in [2.24, 2.45) is 0 Å². The summed E-state index contributed by atoms with van der Waals surface area (Å²) >= 11 is 3.39. The highest BCUT2D eigenvalue weighted by Gasteiger charge is 2.20. The molecule has 20 heavy (non-hydrogen) atoms. The molecule has 0 spiro atoms. The van der Waals surface area contributed by atoms with Crippen LogP contribution in [0.5, 0.6) is 11.5 Å². The van der Waals surface area contributed by atoms with Crippen molar-refractivity contribution in [1.29, 1.82) is 0 Å². The number of hydrogen-bond donors (Lipinski definition) is 0. The van der Waals surface area contributed by atoms with Crippen molar-refractivity contribution in [1.82, 2.24) is 4.98 Å². The number of ether oxygens (including phenoxy) is 2. The third-order valence-electron chi connectivity index (χ3n) is 2.88. The van der Waals surface area contributed by atoms with E-state index in [4.69, 9.17) is 9.47 Å². The molecule has 1 aromatic carbocycles. The lowest BCUT2D eigenvalue weighted by molar-refractivity contribution is 0.103. The number of halogens is 1. The maximum Gasteiger partial charge on any atom is 0.215 e. The second-order valence-corrected chi connectivity index (χ2v) is 5.00. The number of rotatable bonds is 4. The van der Waals surface area contributed by atoms with E-state index in [9.17, 15) is 4.79 Å². The van der Waals surface area contributed by atoms with Crippen molar-refractivity contribution in [3.8, 4) is 11.5 Å². The summed E-state index contributed by atoms with van der Waals surface area (Å²) in [7, 11) is 3.07. The zero-order chi connectivity index (χ0) is 14.7. The summed E-state index contributed by atoms with van der Waals surface area (Å²) in [4.78, 5) is 16.6. The van der Waals surface area contributed by atoms with Crippen LogP contribution in [0.1, 0.15) is 21.6 Å². The molecule has 0 aliphatic heterocycles. The fraction of sp³-hybridized carbons (Fsp3) is 0.200. The number of benzene rings is 1. The third-order valence-corrected chi connectivity index (χ3v) is 3.63. The molecule has 0 N–H and O–H groups in total. The summed E-state index contributed by atoms with van der Waals surface area (Å²) in [6.07, 6.45) is 1.62. The van der Waals surface area contributed by atoms with Crippen LogP contribution in [0, 0.1) is 6.92 Å². The van der Waals surface area contributed by atoms with Gasteiger partial charge in [-0.25, -0.2) is 0 Å². The lowest BCUT2D eigenvalue weighted by atomic mass is 10.1. The minimum absolute atomic E-state index is 0.186. The number of aromatic nitrogens is 1. The quantitative estimate of drug-likeness (QED) is 0.803. The summed E-state index contributed by atoms with van der Waals surface area (Å²) in [5.74, 6) is 0.863. The number of ketones is 1. The van der Waals surface area contributed by atoms with Crippen LogP contribution in [0.2, 0.25) is 0 Å². The van der Waals surface area contributed by atoms with Gasteiger partial charge in [0.15, 0.2) is 0 Å². The van der Waals surface area contributed by atoms with E-state index in [0.29, 0.717) is 27.2 Å². The Morgan fingerprint density at radius 3 is 2.55 bits per heavy atom. The van der Waals surface area contributed by atoms with Gasteiger partial charge in [0.25, 0.3) is 0 Å². The molecule has 0 fully saturated rings. The van der Waals surface area contributed by atoms with Gasteiger partial charge in [0.1, 0.15) is 21.7 Å². The zero-order valence-electron chi connectivity index (χ0n) is 11.4. The Morgan fingerprint density at radius 2 is 1.95 bits per heavy atom. The van der Waals surface area contributed by atoms with Gasteiger partial charge in [0.2, 0.25) is 5.78 Å². The molecule has 0 aliphatic rings. The van der Waals surface area contributed by atoms with Crippen molar-refractivity contribution < 1.29 is 14.3 Å². The Labute approximate surface area is 125 Å². The van der Waals surface area contributed by atoms with E-state index in [1.165, 1.54) is 7.11 Å². The van der Waals surface area contributed by atoms with Crippen LogP contribution < -0.4 is 9.47 Å². The average molecular weight is 336 g/mol. The second-order valence-electron chi connectivity index (χ2n) is 4.21. The molecule has 2 aromatic rings. The van der Waals surface area contributed by atoms with Crippen molar-refractivity contribution in [2.45, 2.75) is 6.92 Å². The first-order chi connectivity index (χ1) is 9.58. The molecule has 1 heterocycles. The molecule has 1 aromatic heterocycles. The van der Waals surface area contributed by atoms with Gasteiger partial charge in [-0.05, 0) is 52.7 Å². The molecule has 0 saturated heterocycles. The molecular formula is C15H14BrNO3. The number of nitrogens with zero attached hydrogens (tertiary/aromatic N) is 1. The van der Waals surface area contributed by atoms with Crippen LogP contribution in [0.25, 0.3) is 0 Å². The molecular weight excluding hydrogens is 322 g/mol. The molecule has 0 amide bonds. The van der Waals surface area contributed by atoms with Crippen molar-refractivity contribution in [2.75, 3.05) is 14.2 Å². The molecule has 104 valence electrons. The van der Waals surface area contributed by atoms with Gasteiger partial charge in [-0.15, -0.1) is 0 Å². The lowest BCUT2D eigenvalue weighted by Gasteiger charge is -2.12. The number of carbonyl (C=O) groups is 1. The van der Waals surface area contributed by atoms with E-state index < -0.39 is 0 Å². The highest BCUT2D eigenvalue weighted by molar-refractivity contribution is 9.10. The third kappa shape index (κ3) is 2.67. The highest BCUT2D eigenvalue weighted by Crippen LogP contribution is 2.37. The normalized spacial score (nSPS) is 10.2. The first-order valence-corrected chi connectivity index (χ1v) is 6.75. The SMILES string of the molecule is COc1ccc(C(=O)c2cc(C)ccn2)c(OC)c1Br. The molecule has 0 bridgehead atoms. The molecule has 4 nitrogen and oxygen atoms in total. The summed E-state index contributed by atoms with van der Waals surface area (Å²) < 4.78 is 11.1. The Morgan fingerprint density at radius 1 is 1.20 bits per heavy atom. The van der Waals surface area contributed by atoms with Crippen molar-refractivity contribution in [3.63, 3.8) is 0 Å². The van der Waals surface area contributed by atoms with Crippen LogP contribution in [0.15, 0.2) is 34.9 Å². The minimum atomic E-state index is -0.186. The largest absolute Gasteiger partial charge is 0.495 e. The first-order valence-electron chi connectivity index (χ1n) is 5.96. The average Bonchev–Trinajstić information content (AvgIpc) is 2.46. The first kappa shape index (κ1) is 14.5. The van der Waals surface area contributed by atoms with Crippen LogP contribution in [0.4, 0.5) is 0 Å². The van der Waals surface area contributed by atoms with Crippen LogP contribution in [-0.2, 0) is 0 Å². The van der Waals surface area contributed by atoms with Crippen LogP contribution in [-0.4, -0.2) is 25.0 Å². The minimum Gasteiger partial charge on any atom is -0.495 e. The summed E-state index contributed by atoms with van der Waals surface area (Å²) in [5, 5.41) is 0. The maximum atomic E-state index is 12.5. The standard InChI is InChI=1S/C15H14BrNO3/c1-9-6-7-17-11(8-9)14(18)10-4-5-12(19-2)13(16)15(10)20-3/h4-8H,1-3H3. The van der Waals surface area contributed by atoms with Gasteiger partial charge < -0.3 is 9.47 Å². The van der Waals surface area contributed by atoms with Crippen LogP contribution in [0.3, 0.4) is 0 Å². The van der Waals surface area contributed by atoms with Crippen LogP contribution >= 0.6 is 15.9 Å². The van der Waals surface area contributed by atoms with E-state index in [2.05, 4.69) is 20.9 Å². The van der Waals surface area contributed by atoms with Crippen molar-refractivity contribution in [3.05, 3.63) is 51.8 Å². The molecule has 0 aliphatic carbocycles. The van der Waals surface area contributed by atoms with Gasteiger partial charge in [0.05, 0.1) is 19.8 Å². The van der Waals surface area contributed by atoms with E-state index in [0.717, 1.165) is 5.56 Å². The fourth-order valence-corrected chi connectivity index (χ4v) is 2.54. The summed E-state index contributed by atoms with van der Waals surface area (Å²) in [6, 6.07) is 6.99.